The van der Waals surface area contributed by atoms with Gasteiger partial charge in [0, 0.05) is 39.3 Å². The van der Waals surface area contributed by atoms with Gasteiger partial charge in [0.25, 0.3) is 0 Å². The second kappa shape index (κ2) is 25.6. The zero-order chi connectivity index (χ0) is 13.8. The number of aliphatic hydroxyl groups excluding tert-OH is 2. The largest absolute Gasteiger partial charge is 2.00 e. The third kappa shape index (κ3) is 29.4. The van der Waals surface area contributed by atoms with E-state index in [1.165, 1.54) is 19.3 Å². The molecule has 0 heterocycles. The number of aliphatic hydroxyl groups is 2. The fourth-order valence-electron chi connectivity index (χ4n) is 1.21. The van der Waals surface area contributed by atoms with Crippen LogP contribution in [0.1, 0.15) is 32.6 Å². The summed E-state index contributed by atoms with van der Waals surface area (Å²) >= 11 is 0. The first kappa shape index (κ1) is 37.7. The molecule has 0 saturated heterocycles. The molecule has 0 spiro atoms. The van der Waals surface area contributed by atoms with Crippen molar-refractivity contribution in [1.82, 2.24) is 0 Å². The van der Waals surface area contributed by atoms with Crippen LogP contribution in [-0.2, 0) is 58.6 Å². The van der Waals surface area contributed by atoms with E-state index >= 15 is 0 Å². The van der Waals surface area contributed by atoms with Gasteiger partial charge in [0.05, 0.1) is 0 Å². The van der Waals surface area contributed by atoms with Gasteiger partial charge >= 0.3 is 27.0 Å². The molecule has 1 aliphatic carbocycles. The van der Waals surface area contributed by atoms with Crippen molar-refractivity contribution in [3.05, 3.63) is 32.4 Å². The quantitative estimate of drug-likeness (QED) is 0.257. The van der Waals surface area contributed by atoms with Crippen molar-refractivity contribution in [2.24, 2.45) is 5.92 Å². The number of hydrogen-bond acceptors (Lipinski definition) is 3. The monoisotopic (exact) mass is 562 g/mol. The maximum atomic E-state index is 9.35. The molecule has 0 bridgehead atoms. The molecule has 1 radical (unpaired) electrons. The number of carboxylic acid groups (broad SMARTS) is 1. The summed E-state index contributed by atoms with van der Waals surface area (Å²) in [6, 6.07) is 0.142. The fraction of sp³-hybridized carbons (Fsp3) is 0.615. The van der Waals surface area contributed by atoms with Gasteiger partial charge in [-0.1, -0.05) is 25.7 Å². The van der Waals surface area contributed by atoms with Crippen LogP contribution < -0.4 is 0 Å². The van der Waals surface area contributed by atoms with Crippen molar-refractivity contribution in [3.63, 3.8) is 0 Å². The zero-order valence-corrected chi connectivity index (χ0v) is 17.9. The maximum absolute atomic E-state index is 9.35. The van der Waals surface area contributed by atoms with Crippen molar-refractivity contribution in [2.75, 3.05) is 6.61 Å². The Bertz CT molecular complexity index is 211. The molecule has 1 fully saturated rings. The van der Waals surface area contributed by atoms with Crippen LogP contribution in [0.2, 0.25) is 0 Å². The summed E-state index contributed by atoms with van der Waals surface area (Å²) in [6.45, 7) is 8.53. The molecular weight excluding hydrogens is 534 g/mol. The minimum Gasteiger partial charge on any atom is -0.677 e. The maximum Gasteiger partial charge on any atom is 2.00 e. The van der Waals surface area contributed by atoms with Crippen molar-refractivity contribution in [2.45, 2.75) is 38.6 Å². The van der Waals surface area contributed by atoms with Gasteiger partial charge in [-0.3, -0.25) is 0 Å². The number of carbonyl (C=O) groups is 1. The normalized spacial score (nSPS) is 18.1. The summed E-state index contributed by atoms with van der Waals surface area (Å²) in [7, 11) is 0. The molecule has 0 unspecified atom stereocenters. The van der Waals surface area contributed by atoms with Crippen LogP contribution in [0.5, 0.6) is 0 Å². The van der Waals surface area contributed by atoms with Gasteiger partial charge < -0.3 is 40.9 Å². The number of carboxylic acids is 1. The van der Waals surface area contributed by atoms with Gasteiger partial charge in [0.15, 0.2) is 5.76 Å². The van der Waals surface area contributed by atoms with E-state index in [1.807, 2.05) is 0 Å². The van der Waals surface area contributed by atoms with Crippen LogP contribution in [-0.4, -0.2) is 39.4 Å². The predicted molar refractivity (Wildman–Crippen MR) is 77.6 cm³/mol. The molecule has 1 rings (SSSR count). The summed E-state index contributed by atoms with van der Waals surface area (Å²) in [6.07, 6.45) is 4.80. The third-order valence-electron chi connectivity index (χ3n) is 2.16. The molecule has 0 aromatic carbocycles. The molecule has 0 aromatic heterocycles. The minimum atomic E-state index is -1.38. The zero-order valence-electron chi connectivity index (χ0n) is 12.7. The van der Waals surface area contributed by atoms with Gasteiger partial charge in [-0.25, -0.2) is 4.79 Å². The summed E-state index contributed by atoms with van der Waals surface area (Å²) in [5, 5.41) is 23.0. The second-order valence-electron chi connectivity index (χ2n) is 3.72. The van der Waals surface area contributed by atoms with Gasteiger partial charge in [-0.05, 0) is 13.5 Å². The molecule has 0 aliphatic heterocycles. The summed E-state index contributed by atoms with van der Waals surface area (Å²) < 4.78 is 0. The summed E-state index contributed by atoms with van der Waals surface area (Å²) in [5.41, 5.74) is 7.42. The summed E-state index contributed by atoms with van der Waals surface area (Å²) in [5.74, 6) is -1.78. The van der Waals surface area contributed by atoms with E-state index in [-0.39, 0.29) is 79.3 Å². The Balaban J connectivity index is -0.0000000397. The van der Waals surface area contributed by atoms with Crippen LogP contribution in [0, 0.1) is 20.3 Å². The summed E-state index contributed by atoms with van der Waals surface area (Å²) in [4.78, 5) is 9.35. The van der Waals surface area contributed by atoms with Gasteiger partial charge in [-0.2, -0.15) is 12.0 Å². The van der Waals surface area contributed by atoms with Gasteiger partial charge in [0.1, 0.15) is 0 Å². The van der Waals surface area contributed by atoms with E-state index in [0.717, 1.165) is 6.42 Å². The minimum absolute atomic E-state index is 0. The Labute approximate surface area is 168 Å². The second-order valence-corrected chi connectivity index (χ2v) is 3.72. The van der Waals surface area contributed by atoms with Crippen molar-refractivity contribution in [1.29, 1.82) is 0 Å². The third-order valence-corrected chi connectivity index (χ3v) is 2.16. The average molecular weight is 562 g/mol. The molecule has 6 nitrogen and oxygen atoms in total. The molecule has 129 valence electrons. The van der Waals surface area contributed by atoms with Crippen molar-refractivity contribution in [3.8, 4) is 0 Å². The van der Waals surface area contributed by atoms with Crippen LogP contribution in [0.15, 0.2) is 12.3 Å². The standard InChI is InChI=1S/C7H13N.C3H4O3.C2H6O.CH3.H2O.Pt.Y/c1-6-4-2-3-5-7(6)8;1-2(4)3(5)6;1-2-3;;;;/h6-8H,1-5H2;4H,1H2,(H,5,6);3H,2H2,1H3;1H3;1H2;;/q-2;;;-1;;+2;/t6-,7-;;;;;;/m1....../s1. The fourth-order valence-corrected chi connectivity index (χ4v) is 1.21. The van der Waals surface area contributed by atoms with E-state index in [1.54, 1.807) is 6.92 Å². The molecule has 1 saturated carbocycles. The SMILES string of the molecule is C=C(O)C(=O)O.CCO.O.[CH2-][C@@H]1CCCC[C@H]1[NH-].[CH3-].[Pt+2].[Y]. The molecule has 21 heavy (non-hydrogen) atoms. The van der Waals surface area contributed by atoms with Crippen LogP contribution in [0.3, 0.4) is 0 Å². The number of hydrogen-bond donors (Lipinski definition) is 3. The Morgan fingerprint density at radius 1 is 1.33 bits per heavy atom. The van der Waals surface area contributed by atoms with E-state index in [0.29, 0.717) is 5.92 Å². The molecule has 0 aromatic rings. The molecular formula is C13H28NO5PtY-. The topological polar surface area (TPSA) is 133 Å². The number of aliphatic carboxylic acids is 1. The average Bonchev–Trinajstić information content (AvgIpc) is 2.24. The van der Waals surface area contributed by atoms with E-state index < -0.39 is 11.7 Å². The first-order valence-electron chi connectivity index (χ1n) is 5.62. The molecule has 1 aliphatic rings. The van der Waals surface area contributed by atoms with Crippen LogP contribution >= 0.6 is 0 Å². The van der Waals surface area contributed by atoms with E-state index in [4.69, 9.17) is 21.1 Å². The molecule has 6 N–H and O–H groups in total. The Hall–Kier alpha value is 0.682. The number of nitrogens with one attached hydrogen (secondary N) is 1. The Kier molecular flexibility index (Phi) is 46.0. The van der Waals surface area contributed by atoms with Crippen LogP contribution in [0.4, 0.5) is 0 Å². The molecule has 0 amide bonds. The van der Waals surface area contributed by atoms with Crippen molar-refractivity contribution < 1.29 is 79.4 Å². The first-order chi connectivity index (χ1) is 7.86. The Morgan fingerprint density at radius 2 is 1.62 bits per heavy atom. The molecule has 2 atom stereocenters. The van der Waals surface area contributed by atoms with E-state index in [9.17, 15) is 4.79 Å². The number of rotatable bonds is 1. The Morgan fingerprint density at radius 3 is 1.76 bits per heavy atom. The van der Waals surface area contributed by atoms with Crippen molar-refractivity contribution >= 4 is 5.97 Å². The van der Waals surface area contributed by atoms with Gasteiger partial charge in [-0.15, -0.1) is 0 Å². The first-order valence-corrected chi connectivity index (χ1v) is 5.62. The van der Waals surface area contributed by atoms with Gasteiger partial charge in [0.2, 0.25) is 0 Å². The predicted octanol–water partition coefficient (Wildman–Crippen LogP) is 2.19. The van der Waals surface area contributed by atoms with Crippen LogP contribution in [0.25, 0.3) is 5.73 Å². The van der Waals surface area contributed by atoms with E-state index in [2.05, 4.69) is 13.5 Å². The smallest absolute Gasteiger partial charge is 0.677 e. The molecule has 8 heteroatoms.